The average Bonchev–Trinajstić information content (AvgIpc) is 2.45. The maximum atomic E-state index is 12.2. The first-order valence-corrected chi connectivity index (χ1v) is 6.05. The van der Waals surface area contributed by atoms with E-state index in [1.54, 1.807) is 12.1 Å². The van der Waals surface area contributed by atoms with E-state index < -0.39 is 12.0 Å². The van der Waals surface area contributed by atoms with Gasteiger partial charge in [-0.05, 0) is 12.1 Å². The van der Waals surface area contributed by atoms with Crippen LogP contribution in [0.1, 0.15) is 16.8 Å². The number of nitrogens with two attached hydrogens (primary N) is 1. The van der Waals surface area contributed by atoms with Crippen LogP contribution in [0, 0.1) is 12.3 Å². The normalized spacial score (nSPS) is 14.7. The molecule has 0 bridgehead atoms. The Morgan fingerprint density at radius 2 is 2.30 bits per heavy atom. The number of benzene rings is 1. The minimum atomic E-state index is -1.11. The van der Waals surface area contributed by atoms with E-state index in [0.29, 0.717) is 12.2 Å². The summed E-state index contributed by atoms with van der Waals surface area (Å²) < 4.78 is 5.38. The van der Waals surface area contributed by atoms with Crippen LogP contribution in [0.3, 0.4) is 0 Å². The van der Waals surface area contributed by atoms with Crippen LogP contribution in [-0.4, -0.2) is 36.2 Å². The summed E-state index contributed by atoms with van der Waals surface area (Å²) in [5.74, 6) is 1.09. The Bertz CT molecular complexity index is 591. The van der Waals surface area contributed by atoms with Crippen LogP contribution in [0.5, 0.6) is 5.75 Å². The molecule has 0 aromatic heterocycles. The maximum Gasteiger partial charge on any atom is 0.339 e. The van der Waals surface area contributed by atoms with Gasteiger partial charge in [-0.1, -0.05) is 6.07 Å². The highest BCUT2D eigenvalue weighted by Gasteiger charge is 2.29. The Morgan fingerprint density at radius 1 is 1.55 bits per heavy atom. The Morgan fingerprint density at radius 3 is 2.95 bits per heavy atom. The van der Waals surface area contributed by atoms with Crippen molar-refractivity contribution in [3.63, 3.8) is 0 Å². The third-order valence-corrected chi connectivity index (χ3v) is 3.00. The smallest absolute Gasteiger partial charge is 0.339 e. The summed E-state index contributed by atoms with van der Waals surface area (Å²) in [4.78, 5) is 24.8. The fraction of sp³-hybridized carbons (Fsp3) is 0.286. The molecule has 0 saturated heterocycles. The van der Waals surface area contributed by atoms with Crippen LogP contribution in [-0.2, 0) is 4.79 Å². The number of anilines is 1. The van der Waals surface area contributed by atoms with Crippen LogP contribution in [0.25, 0.3) is 0 Å². The van der Waals surface area contributed by atoms with E-state index in [0.717, 1.165) is 0 Å². The molecule has 0 aliphatic carbocycles. The number of carbonyl (C=O) groups is 2. The predicted molar refractivity (Wildman–Crippen MR) is 72.7 cm³/mol. The summed E-state index contributed by atoms with van der Waals surface area (Å²) in [7, 11) is 0. The van der Waals surface area contributed by atoms with Crippen molar-refractivity contribution < 1.29 is 19.4 Å². The molecule has 1 aromatic rings. The molecule has 0 fully saturated rings. The predicted octanol–water partition coefficient (Wildman–Crippen LogP) is 0.461. The summed E-state index contributed by atoms with van der Waals surface area (Å²) in [6.45, 7) is 0.527. The number of terminal acetylenes is 1. The first kappa shape index (κ1) is 13.9. The van der Waals surface area contributed by atoms with E-state index in [9.17, 15) is 9.59 Å². The molecule has 0 saturated carbocycles. The quantitative estimate of drug-likeness (QED) is 0.781. The van der Waals surface area contributed by atoms with Gasteiger partial charge in [0.2, 0.25) is 5.91 Å². The summed E-state index contributed by atoms with van der Waals surface area (Å²) >= 11 is 0. The van der Waals surface area contributed by atoms with Gasteiger partial charge in [-0.2, -0.15) is 0 Å². The SMILES string of the molecule is C#CCC(N)C(=O)N1CCOc2c(C(=O)O)cccc21. The summed E-state index contributed by atoms with van der Waals surface area (Å²) in [6, 6.07) is 3.81. The average molecular weight is 274 g/mol. The molecule has 6 nitrogen and oxygen atoms in total. The number of carboxylic acid groups (broad SMARTS) is 1. The Balaban J connectivity index is 2.39. The number of carboxylic acids is 1. The van der Waals surface area contributed by atoms with Crippen molar-refractivity contribution in [2.45, 2.75) is 12.5 Å². The topological polar surface area (TPSA) is 92.9 Å². The molecule has 0 spiro atoms. The van der Waals surface area contributed by atoms with Crippen molar-refractivity contribution in [2.24, 2.45) is 5.73 Å². The van der Waals surface area contributed by atoms with Gasteiger partial charge < -0.3 is 20.5 Å². The van der Waals surface area contributed by atoms with Crippen molar-refractivity contribution in [3.8, 4) is 18.1 Å². The Kier molecular flexibility index (Phi) is 3.91. The molecule has 20 heavy (non-hydrogen) atoms. The third-order valence-electron chi connectivity index (χ3n) is 3.00. The number of nitrogens with zero attached hydrogens (tertiary/aromatic N) is 1. The van der Waals surface area contributed by atoms with Crippen LogP contribution in [0.4, 0.5) is 5.69 Å². The number of rotatable bonds is 3. The molecule has 6 heteroatoms. The molecule has 1 unspecified atom stereocenters. The lowest BCUT2D eigenvalue weighted by Gasteiger charge is -2.31. The second kappa shape index (κ2) is 5.63. The van der Waals surface area contributed by atoms with Gasteiger partial charge in [0.1, 0.15) is 12.2 Å². The molecule has 2 rings (SSSR count). The molecule has 1 atom stereocenters. The van der Waals surface area contributed by atoms with Crippen molar-refractivity contribution in [1.82, 2.24) is 0 Å². The Hall–Kier alpha value is -2.52. The molecule has 104 valence electrons. The largest absolute Gasteiger partial charge is 0.489 e. The summed E-state index contributed by atoms with van der Waals surface area (Å²) in [5.41, 5.74) is 6.15. The monoisotopic (exact) mass is 274 g/mol. The zero-order valence-electron chi connectivity index (χ0n) is 10.7. The molecule has 1 aliphatic heterocycles. The lowest BCUT2D eigenvalue weighted by Crippen LogP contribution is -2.47. The van der Waals surface area contributed by atoms with Crippen LogP contribution < -0.4 is 15.4 Å². The first-order chi connectivity index (χ1) is 9.56. The number of amides is 1. The van der Waals surface area contributed by atoms with E-state index in [-0.39, 0.29) is 30.2 Å². The van der Waals surface area contributed by atoms with Crippen LogP contribution >= 0.6 is 0 Å². The summed E-state index contributed by atoms with van der Waals surface area (Å²) in [6.07, 6.45) is 5.28. The van der Waals surface area contributed by atoms with Crippen molar-refractivity contribution >= 4 is 17.6 Å². The molecular weight excluding hydrogens is 260 g/mol. The Labute approximate surface area is 116 Å². The third kappa shape index (κ3) is 2.44. The van der Waals surface area contributed by atoms with Gasteiger partial charge in [-0.25, -0.2) is 4.79 Å². The number of carbonyl (C=O) groups excluding carboxylic acids is 1. The van der Waals surface area contributed by atoms with Gasteiger partial charge in [0.15, 0.2) is 5.75 Å². The second-order valence-corrected chi connectivity index (χ2v) is 4.31. The highest BCUT2D eigenvalue weighted by Crippen LogP contribution is 2.35. The number of ether oxygens (including phenoxy) is 1. The standard InChI is InChI=1S/C14H14N2O4/c1-2-4-10(15)13(17)16-7-8-20-12-9(14(18)19)5-3-6-11(12)16/h1,3,5-6,10H,4,7-8,15H2,(H,18,19). The second-order valence-electron chi connectivity index (χ2n) is 4.31. The molecule has 1 amide bonds. The van der Waals surface area contributed by atoms with Crippen LogP contribution in [0.15, 0.2) is 18.2 Å². The number of hydrogen-bond donors (Lipinski definition) is 2. The minimum absolute atomic E-state index is 0.0190. The highest BCUT2D eigenvalue weighted by molar-refractivity contribution is 6.02. The molecule has 3 N–H and O–H groups in total. The van der Waals surface area contributed by atoms with Gasteiger partial charge >= 0.3 is 5.97 Å². The summed E-state index contributed by atoms with van der Waals surface area (Å²) in [5, 5.41) is 9.12. The van der Waals surface area contributed by atoms with Crippen molar-refractivity contribution in [2.75, 3.05) is 18.1 Å². The minimum Gasteiger partial charge on any atom is -0.489 e. The lowest BCUT2D eigenvalue weighted by atomic mass is 10.1. The maximum absolute atomic E-state index is 12.2. The fourth-order valence-corrected chi connectivity index (χ4v) is 2.06. The lowest BCUT2D eigenvalue weighted by molar-refractivity contribution is -0.120. The van der Waals surface area contributed by atoms with E-state index in [1.165, 1.54) is 11.0 Å². The van der Waals surface area contributed by atoms with Gasteiger partial charge in [-0.15, -0.1) is 12.3 Å². The number of hydrogen-bond acceptors (Lipinski definition) is 4. The first-order valence-electron chi connectivity index (χ1n) is 6.05. The highest BCUT2D eigenvalue weighted by atomic mass is 16.5. The molecule has 1 aromatic carbocycles. The fourth-order valence-electron chi connectivity index (χ4n) is 2.06. The van der Waals surface area contributed by atoms with Gasteiger partial charge in [0, 0.05) is 6.42 Å². The van der Waals surface area contributed by atoms with Crippen molar-refractivity contribution in [3.05, 3.63) is 23.8 Å². The van der Waals surface area contributed by atoms with Gasteiger partial charge in [0.05, 0.1) is 18.3 Å². The number of para-hydroxylation sites is 1. The zero-order chi connectivity index (χ0) is 14.7. The zero-order valence-corrected chi connectivity index (χ0v) is 10.7. The van der Waals surface area contributed by atoms with Crippen LogP contribution in [0.2, 0.25) is 0 Å². The molecular formula is C14H14N2O4. The number of fused-ring (bicyclic) bond motifs is 1. The van der Waals surface area contributed by atoms with E-state index in [4.69, 9.17) is 22.0 Å². The molecule has 0 radical (unpaired) electrons. The molecule has 1 aliphatic rings. The van der Waals surface area contributed by atoms with Gasteiger partial charge in [-0.3, -0.25) is 4.79 Å². The van der Waals surface area contributed by atoms with E-state index in [2.05, 4.69) is 5.92 Å². The van der Waals surface area contributed by atoms with Gasteiger partial charge in [0.25, 0.3) is 0 Å². The van der Waals surface area contributed by atoms with Crippen molar-refractivity contribution in [1.29, 1.82) is 0 Å². The van der Waals surface area contributed by atoms with E-state index in [1.807, 2.05) is 0 Å². The molecule has 1 heterocycles. The number of aromatic carboxylic acids is 1. The van der Waals surface area contributed by atoms with E-state index >= 15 is 0 Å².